The van der Waals surface area contributed by atoms with Crippen LogP contribution in [-0.4, -0.2) is 34.0 Å². The van der Waals surface area contributed by atoms with E-state index in [9.17, 15) is 9.59 Å². The maximum Gasteiger partial charge on any atom is 0.308 e. The molecular weight excluding hydrogens is 254 g/mol. The molecule has 0 bridgehead atoms. The molecule has 1 atom stereocenters. The van der Waals surface area contributed by atoms with Crippen LogP contribution in [0.3, 0.4) is 0 Å². The second-order valence-electron chi connectivity index (χ2n) is 6.08. The molecule has 4 nitrogen and oxygen atoms in total. The molecule has 0 saturated carbocycles. The van der Waals surface area contributed by atoms with E-state index in [1.165, 1.54) is 0 Å². The number of aliphatic carboxylic acids is 1. The third-order valence-corrected chi connectivity index (χ3v) is 3.19. The van der Waals surface area contributed by atoms with Crippen molar-refractivity contribution in [3.63, 3.8) is 0 Å². The van der Waals surface area contributed by atoms with E-state index in [4.69, 9.17) is 5.11 Å². The molecule has 1 aromatic rings. The van der Waals surface area contributed by atoms with Crippen LogP contribution in [0.15, 0.2) is 30.3 Å². The summed E-state index contributed by atoms with van der Waals surface area (Å²) in [5.74, 6) is -1.50. The molecule has 1 rings (SSSR count). The Morgan fingerprint density at radius 2 is 1.75 bits per heavy atom. The van der Waals surface area contributed by atoms with Gasteiger partial charge < -0.3 is 10.0 Å². The van der Waals surface area contributed by atoms with Crippen molar-refractivity contribution in [2.45, 2.75) is 39.7 Å². The van der Waals surface area contributed by atoms with Gasteiger partial charge in [0.15, 0.2) is 0 Å². The van der Waals surface area contributed by atoms with Gasteiger partial charge in [0, 0.05) is 12.1 Å². The van der Waals surface area contributed by atoms with Crippen LogP contribution in [0, 0.1) is 5.92 Å². The molecule has 0 saturated heterocycles. The van der Waals surface area contributed by atoms with Crippen LogP contribution in [0.4, 0.5) is 0 Å². The number of hydrogen-bond donors (Lipinski definition) is 1. The minimum atomic E-state index is -0.883. The molecule has 20 heavy (non-hydrogen) atoms. The summed E-state index contributed by atoms with van der Waals surface area (Å²) in [6, 6.07) is 9.49. The van der Waals surface area contributed by atoms with Crippen molar-refractivity contribution < 1.29 is 14.7 Å². The summed E-state index contributed by atoms with van der Waals surface area (Å²) >= 11 is 0. The number of hydrogen-bond acceptors (Lipinski definition) is 2. The number of carboxylic acids is 1. The number of carbonyl (C=O) groups is 2. The maximum atomic E-state index is 12.5. The van der Waals surface area contributed by atoms with Crippen LogP contribution >= 0.6 is 0 Å². The number of benzene rings is 1. The average molecular weight is 277 g/mol. The zero-order valence-electron chi connectivity index (χ0n) is 12.6. The first-order valence-electron chi connectivity index (χ1n) is 6.79. The Balaban J connectivity index is 2.83. The van der Waals surface area contributed by atoms with Crippen molar-refractivity contribution in [1.82, 2.24) is 4.90 Å². The van der Waals surface area contributed by atoms with Crippen molar-refractivity contribution in [2.75, 3.05) is 6.54 Å². The summed E-state index contributed by atoms with van der Waals surface area (Å²) in [6.07, 6.45) is 0.296. The Hall–Kier alpha value is -1.84. The van der Waals surface area contributed by atoms with Crippen LogP contribution in [0.2, 0.25) is 0 Å². The number of amides is 1. The van der Waals surface area contributed by atoms with Crippen molar-refractivity contribution in [3.8, 4) is 0 Å². The first-order valence-corrected chi connectivity index (χ1v) is 6.79. The molecule has 0 aliphatic heterocycles. The van der Waals surface area contributed by atoms with Crippen LogP contribution < -0.4 is 0 Å². The Morgan fingerprint density at radius 1 is 1.20 bits per heavy atom. The van der Waals surface area contributed by atoms with E-state index in [2.05, 4.69) is 0 Å². The highest BCUT2D eigenvalue weighted by molar-refractivity contribution is 5.80. The van der Waals surface area contributed by atoms with Gasteiger partial charge in [-0.05, 0) is 26.3 Å². The van der Waals surface area contributed by atoms with Crippen molar-refractivity contribution in [1.29, 1.82) is 0 Å². The zero-order valence-corrected chi connectivity index (χ0v) is 12.6. The summed E-state index contributed by atoms with van der Waals surface area (Å²) < 4.78 is 0. The Morgan fingerprint density at radius 3 is 2.20 bits per heavy atom. The first-order chi connectivity index (χ1) is 9.21. The summed E-state index contributed by atoms with van der Waals surface area (Å²) in [7, 11) is 0. The lowest BCUT2D eigenvalue weighted by atomic mass is 10.0. The molecule has 0 aliphatic rings. The minimum absolute atomic E-state index is 0.0446. The van der Waals surface area contributed by atoms with Gasteiger partial charge in [-0.3, -0.25) is 9.59 Å². The molecule has 0 radical (unpaired) electrons. The number of nitrogens with zero attached hydrogens (tertiary/aromatic N) is 1. The van der Waals surface area contributed by atoms with Gasteiger partial charge in [0.1, 0.15) is 0 Å². The Bertz CT molecular complexity index is 462. The standard InChI is InChI=1S/C16H23NO3/c1-12(15(19)20)11-17(16(2,3)4)14(18)10-13-8-6-5-7-9-13/h5-9,12H,10-11H2,1-4H3,(H,19,20). The van der Waals surface area contributed by atoms with E-state index in [1.54, 1.807) is 11.8 Å². The van der Waals surface area contributed by atoms with Gasteiger partial charge in [0.2, 0.25) is 5.91 Å². The molecule has 0 aromatic heterocycles. The molecule has 1 N–H and O–H groups in total. The van der Waals surface area contributed by atoms with E-state index >= 15 is 0 Å². The van der Waals surface area contributed by atoms with E-state index < -0.39 is 17.4 Å². The topological polar surface area (TPSA) is 57.6 Å². The van der Waals surface area contributed by atoms with E-state index in [-0.39, 0.29) is 12.5 Å². The molecule has 4 heteroatoms. The summed E-state index contributed by atoms with van der Waals surface area (Å²) in [6.45, 7) is 7.61. The highest BCUT2D eigenvalue weighted by Gasteiger charge is 2.29. The lowest BCUT2D eigenvalue weighted by molar-refractivity contribution is -0.144. The van der Waals surface area contributed by atoms with E-state index in [0.717, 1.165) is 5.56 Å². The molecule has 1 amide bonds. The molecule has 1 aromatic carbocycles. The minimum Gasteiger partial charge on any atom is -0.481 e. The van der Waals surface area contributed by atoms with E-state index in [0.29, 0.717) is 6.42 Å². The normalized spacial score (nSPS) is 12.8. The highest BCUT2D eigenvalue weighted by atomic mass is 16.4. The first kappa shape index (κ1) is 16.2. The fraction of sp³-hybridized carbons (Fsp3) is 0.500. The molecule has 0 spiro atoms. The average Bonchev–Trinajstić information content (AvgIpc) is 2.35. The SMILES string of the molecule is CC(CN(C(=O)Cc1ccccc1)C(C)(C)C)C(=O)O. The van der Waals surface area contributed by atoms with Crippen molar-refractivity contribution in [3.05, 3.63) is 35.9 Å². The number of carbonyl (C=O) groups excluding carboxylic acids is 1. The lowest BCUT2D eigenvalue weighted by Crippen LogP contribution is -2.49. The molecule has 0 aliphatic carbocycles. The van der Waals surface area contributed by atoms with E-state index in [1.807, 2.05) is 51.1 Å². The Kier molecular flexibility index (Phi) is 5.31. The summed E-state index contributed by atoms with van der Waals surface area (Å²) in [4.78, 5) is 25.1. The van der Waals surface area contributed by atoms with Gasteiger partial charge in [-0.2, -0.15) is 0 Å². The second-order valence-corrected chi connectivity index (χ2v) is 6.08. The van der Waals surface area contributed by atoms with Gasteiger partial charge in [0.25, 0.3) is 0 Å². The van der Waals surface area contributed by atoms with Crippen LogP contribution in [0.25, 0.3) is 0 Å². The van der Waals surface area contributed by atoms with Gasteiger partial charge >= 0.3 is 5.97 Å². The fourth-order valence-corrected chi connectivity index (χ4v) is 1.97. The van der Waals surface area contributed by atoms with Crippen LogP contribution in [-0.2, 0) is 16.0 Å². The quantitative estimate of drug-likeness (QED) is 0.900. The Labute approximate surface area is 120 Å². The third kappa shape index (κ3) is 4.68. The maximum absolute atomic E-state index is 12.5. The van der Waals surface area contributed by atoms with Gasteiger partial charge in [-0.15, -0.1) is 0 Å². The molecular formula is C16H23NO3. The van der Waals surface area contributed by atoms with Gasteiger partial charge in [-0.25, -0.2) is 0 Å². The molecule has 1 unspecified atom stereocenters. The predicted octanol–water partition coefficient (Wildman–Crippen LogP) is 2.58. The number of rotatable bonds is 5. The molecule has 0 heterocycles. The second kappa shape index (κ2) is 6.55. The fourth-order valence-electron chi connectivity index (χ4n) is 1.97. The van der Waals surface area contributed by atoms with Gasteiger partial charge in [-0.1, -0.05) is 37.3 Å². The van der Waals surface area contributed by atoms with Crippen LogP contribution in [0.5, 0.6) is 0 Å². The largest absolute Gasteiger partial charge is 0.481 e. The molecule has 0 fully saturated rings. The van der Waals surface area contributed by atoms with Crippen molar-refractivity contribution >= 4 is 11.9 Å². The smallest absolute Gasteiger partial charge is 0.308 e. The number of carboxylic acid groups (broad SMARTS) is 1. The lowest BCUT2D eigenvalue weighted by Gasteiger charge is -2.37. The van der Waals surface area contributed by atoms with Crippen molar-refractivity contribution in [2.24, 2.45) is 5.92 Å². The summed E-state index contributed by atoms with van der Waals surface area (Å²) in [5, 5.41) is 9.03. The van der Waals surface area contributed by atoms with Gasteiger partial charge in [0.05, 0.1) is 12.3 Å². The summed E-state index contributed by atoms with van der Waals surface area (Å²) in [5.41, 5.74) is 0.546. The highest BCUT2D eigenvalue weighted by Crippen LogP contribution is 2.18. The third-order valence-electron chi connectivity index (χ3n) is 3.19. The predicted molar refractivity (Wildman–Crippen MR) is 78.4 cm³/mol. The monoisotopic (exact) mass is 277 g/mol. The molecule has 110 valence electrons. The zero-order chi connectivity index (χ0) is 15.3. The van der Waals surface area contributed by atoms with Crippen LogP contribution in [0.1, 0.15) is 33.3 Å².